The zero-order valence-corrected chi connectivity index (χ0v) is 17.0. The smallest absolute Gasteiger partial charge is 0.550 e. The summed E-state index contributed by atoms with van der Waals surface area (Å²) in [4.78, 5) is 67.9. The van der Waals surface area contributed by atoms with E-state index in [1.807, 2.05) is 5.32 Å². The summed E-state index contributed by atoms with van der Waals surface area (Å²) in [5, 5.41) is 14.8. The standard InChI is InChI=1S/C12H15N2O10P.Na/c1-5(15)13-7(3-9(17)18)11(20)23-25-22-10(19)4-8(12(21)24-25)14-6(2)16;/h7-8H,3-4H2,1-2H3,(H,13,15)(H,14,16)(H,17,18);/q;+1/p-1/t7-,8+,25?;/m0./s1. The SMILES string of the molecule is CC(=O)N[C@@H](CC(=O)[O-])C(=O)OP1OC(=O)C[C@@H](NC(C)=O)C(=O)O1.[Na+]. The van der Waals surface area contributed by atoms with Gasteiger partial charge in [-0.15, -0.1) is 0 Å². The third-order valence-electron chi connectivity index (χ3n) is 2.57. The topological polar surface area (TPSA) is 177 Å². The molecule has 3 atom stereocenters. The molecular formula is C12H14N2NaO10P. The van der Waals surface area contributed by atoms with Gasteiger partial charge in [0.15, 0.2) is 0 Å². The maximum atomic E-state index is 11.9. The van der Waals surface area contributed by atoms with Crippen LogP contribution in [0.1, 0.15) is 26.7 Å². The van der Waals surface area contributed by atoms with Crippen molar-refractivity contribution in [3.8, 4) is 0 Å². The predicted octanol–water partition coefficient (Wildman–Crippen LogP) is -5.60. The summed E-state index contributed by atoms with van der Waals surface area (Å²) >= 11 is 0. The van der Waals surface area contributed by atoms with Crippen molar-refractivity contribution >= 4 is 44.3 Å². The van der Waals surface area contributed by atoms with Crippen molar-refractivity contribution in [3.63, 3.8) is 0 Å². The Morgan fingerprint density at radius 2 is 1.85 bits per heavy atom. The monoisotopic (exact) mass is 400 g/mol. The maximum Gasteiger partial charge on any atom is 1.00 e. The van der Waals surface area contributed by atoms with Crippen LogP contribution in [0.2, 0.25) is 0 Å². The number of hydrogen-bond acceptors (Lipinski definition) is 10. The third-order valence-corrected chi connectivity index (χ3v) is 3.58. The number of carboxylic acid groups (broad SMARTS) is 1. The minimum absolute atomic E-state index is 0. The van der Waals surface area contributed by atoms with Crippen LogP contribution in [-0.2, 0) is 42.3 Å². The molecule has 0 radical (unpaired) electrons. The number of rotatable bonds is 6. The van der Waals surface area contributed by atoms with E-state index >= 15 is 0 Å². The van der Waals surface area contributed by atoms with Crippen LogP contribution in [0.4, 0.5) is 0 Å². The quantitative estimate of drug-likeness (QED) is 0.323. The van der Waals surface area contributed by atoms with E-state index in [0.717, 1.165) is 13.8 Å². The molecule has 1 heterocycles. The molecule has 0 bridgehead atoms. The van der Waals surface area contributed by atoms with E-state index in [9.17, 15) is 33.9 Å². The number of carbonyl (C=O) groups is 6. The van der Waals surface area contributed by atoms with E-state index in [-0.39, 0.29) is 29.6 Å². The second kappa shape index (κ2) is 11.1. The van der Waals surface area contributed by atoms with Gasteiger partial charge >= 0.3 is 56.1 Å². The fourth-order valence-corrected chi connectivity index (χ4v) is 2.56. The summed E-state index contributed by atoms with van der Waals surface area (Å²) in [5.41, 5.74) is 0. The Bertz CT molecular complexity index is 597. The molecule has 0 aromatic heterocycles. The molecule has 1 rings (SSSR count). The number of hydrogen-bond donors (Lipinski definition) is 2. The van der Waals surface area contributed by atoms with Crippen LogP contribution in [0.5, 0.6) is 0 Å². The van der Waals surface area contributed by atoms with E-state index < -0.39 is 69.2 Å². The van der Waals surface area contributed by atoms with Gasteiger partial charge in [0.05, 0.1) is 6.42 Å². The molecule has 0 saturated carbocycles. The minimum atomic E-state index is -2.82. The molecule has 14 heteroatoms. The van der Waals surface area contributed by atoms with Gasteiger partial charge in [-0.05, 0) is 0 Å². The van der Waals surface area contributed by atoms with Crippen LogP contribution < -0.4 is 45.3 Å². The Kier molecular flexibility index (Phi) is 10.3. The van der Waals surface area contributed by atoms with E-state index in [1.54, 1.807) is 0 Å². The van der Waals surface area contributed by atoms with Crippen LogP contribution in [0, 0.1) is 0 Å². The number of nitrogens with one attached hydrogen (secondary N) is 2. The van der Waals surface area contributed by atoms with E-state index in [1.165, 1.54) is 0 Å². The summed E-state index contributed by atoms with van der Waals surface area (Å²) in [6, 6.07) is -2.94. The molecule has 0 spiro atoms. The predicted molar refractivity (Wildman–Crippen MR) is 74.6 cm³/mol. The molecule has 12 nitrogen and oxygen atoms in total. The van der Waals surface area contributed by atoms with Gasteiger partial charge in [0.25, 0.3) is 0 Å². The van der Waals surface area contributed by atoms with Gasteiger partial charge < -0.3 is 34.1 Å². The maximum absolute atomic E-state index is 11.9. The first kappa shape index (κ1) is 24.2. The number of aliphatic carboxylic acids is 1. The average molecular weight is 400 g/mol. The molecule has 1 saturated heterocycles. The first-order chi connectivity index (χ1) is 11.6. The second-order valence-electron chi connectivity index (χ2n) is 4.79. The Labute approximate surface area is 170 Å². The van der Waals surface area contributed by atoms with E-state index in [2.05, 4.69) is 18.9 Å². The first-order valence-electron chi connectivity index (χ1n) is 6.77. The second-order valence-corrected chi connectivity index (χ2v) is 5.79. The van der Waals surface area contributed by atoms with Crippen molar-refractivity contribution in [3.05, 3.63) is 0 Å². The van der Waals surface area contributed by atoms with Crippen molar-refractivity contribution in [2.45, 2.75) is 38.8 Å². The van der Waals surface area contributed by atoms with Crippen LogP contribution in [0.15, 0.2) is 0 Å². The summed E-state index contributed by atoms with van der Waals surface area (Å²) in [6.07, 6.45) is -1.44. The molecule has 1 aliphatic rings. The van der Waals surface area contributed by atoms with Crippen molar-refractivity contribution in [1.82, 2.24) is 10.6 Å². The van der Waals surface area contributed by atoms with Gasteiger partial charge in [0.2, 0.25) is 11.8 Å². The van der Waals surface area contributed by atoms with Gasteiger partial charge in [-0.1, -0.05) is 0 Å². The summed E-state index contributed by atoms with van der Waals surface area (Å²) in [7, 11) is -2.82. The zero-order chi connectivity index (χ0) is 19.1. The molecule has 0 aliphatic carbocycles. The molecule has 1 aliphatic heterocycles. The Balaban J connectivity index is 0.00000625. The molecule has 2 N–H and O–H groups in total. The summed E-state index contributed by atoms with van der Waals surface area (Å²) in [6.45, 7) is 2.15. The van der Waals surface area contributed by atoms with Crippen molar-refractivity contribution in [2.24, 2.45) is 0 Å². The molecule has 0 aromatic carbocycles. The van der Waals surface area contributed by atoms with Crippen molar-refractivity contribution in [1.29, 1.82) is 0 Å². The van der Waals surface area contributed by atoms with Crippen molar-refractivity contribution in [2.75, 3.05) is 0 Å². The Morgan fingerprint density at radius 1 is 1.23 bits per heavy atom. The molecule has 1 fully saturated rings. The molecule has 2 amide bonds. The average Bonchev–Trinajstić information content (AvgIpc) is 2.55. The largest absolute Gasteiger partial charge is 1.00 e. The fraction of sp³-hybridized carbons (Fsp3) is 0.500. The molecule has 26 heavy (non-hydrogen) atoms. The van der Waals surface area contributed by atoms with E-state index in [4.69, 9.17) is 0 Å². The first-order valence-corrected chi connectivity index (χ1v) is 7.86. The minimum Gasteiger partial charge on any atom is -0.550 e. The van der Waals surface area contributed by atoms with E-state index in [0.29, 0.717) is 0 Å². The van der Waals surface area contributed by atoms with Gasteiger partial charge in [0.1, 0.15) is 12.1 Å². The molecule has 0 aromatic rings. The summed E-state index contributed by atoms with van der Waals surface area (Å²) in [5.74, 6) is -6.34. The molecular weight excluding hydrogens is 386 g/mol. The zero-order valence-electron chi connectivity index (χ0n) is 14.1. The summed E-state index contributed by atoms with van der Waals surface area (Å²) < 4.78 is 14.0. The third kappa shape index (κ3) is 8.56. The Hall–Kier alpha value is -1.75. The van der Waals surface area contributed by atoms with Crippen molar-refractivity contribution < 1.29 is 77.0 Å². The van der Waals surface area contributed by atoms with Gasteiger partial charge in [-0.25, -0.2) is 9.59 Å². The normalized spacial score (nSPS) is 20.2. The van der Waals surface area contributed by atoms with Gasteiger partial charge in [-0.2, -0.15) is 0 Å². The Morgan fingerprint density at radius 3 is 2.35 bits per heavy atom. The fourth-order valence-electron chi connectivity index (χ4n) is 1.66. The number of carbonyl (C=O) groups excluding carboxylic acids is 6. The van der Waals surface area contributed by atoms with Crippen LogP contribution >= 0.6 is 8.60 Å². The molecule has 1 unspecified atom stereocenters. The van der Waals surface area contributed by atoms with Crippen LogP contribution in [0.3, 0.4) is 0 Å². The van der Waals surface area contributed by atoms with Crippen LogP contribution in [-0.4, -0.2) is 47.8 Å². The van der Waals surface area contributed by atoms with Gasteiger partial charge in [-0.3, -0.25) is 14.4 Å². The van der Waals surface area contributed by atoms with Crippen LogP contribution in [0.25, 0.3) is 0 Å². The number of amides is 2. The van der Waals surface area contributed by atoms with Gasteiger partial charge in [0, 0.05) is 26.2 Å². The molecule has 138 valence electrons. The number of carboxylic acids is 1.